The number of hydrogen-bond donors (Lipinski definition) is 0. The van der Waals surface area contributed by atoms with Gasteiger partial charge in [0.1, 0.15) is 18.0 Å². The highest BCUT2D eigenvalue weighted by Crippen LogP contribution is 2.36. The Morgan fingerprint density at radius 3 is 2.60 bits per heavy atom. The van der Waals surface area contributed by atoms with Crippen molar-refractivity contribution in [1.29, 1.82) is 0 Å². The largest absolute Gasteiger partial charge is 0.497 e. The highest BCUT2D eigenvalue weighted by molar-refractivity contribution is 6.52. The number of hydrogen-bond acceptors (Lipinski definition) is 6. The molecular weight excluding hydrogens is 386 g/mol. The van der Waals surface area contributed by atoms with E-state index in [2.05, 4.69) is 0 Å². The molecule has 30 heavy (non-hydrogen) atoms. The van der Waals surface area contributed by atoms with E-state index < -0.39 is 24.2 Å². The summed E-state index contributed by atoms with van der Waals surface area (Å²) in [5.74, 6) is -0.336. The Morgan fingerprint density at radius 2 is 1.83 bits per heavy atom. The Balaban J connectivity index is 1.34. The number of carbonyl (C=O) groups is 2. The molecule has 154 valence electrons. The van der Waals surface area contributed by atoms with Gasteiger partial charge in [0.2, 0.25) is 0 Å². The molecule has 0 spiro atoms. The first-order valence-corrected chi connectivity index (χ1v) is 9.78. The number of amides is 1. The van der Waals surface area contributed by atoms with Crippen molar-refractivity contribution < 1.29 is 28.5 Å². The molecule has 7 nitrogen and oxygen atoms in total. The quantitative estimate of drug-likeness (QED) is 0.575. The van der Waals surface area contributed by atoms with Crippen molar-refractivity contribution >= 4 is 17.4 Å². The van der Waals surface area contributed by atoms with Crippen LogP contribution in [0.2, 0.25) is 0 Å². The van der Waals surface area contributed by atoms with Crippen molar-refractivity contribution in [2.45, 2.75) is 31.6 Å². The Bertz CT molecular complexity index is 1030. The molecule has 7 heteroatoms. The van der Waals surface area contributed by atoms with Crippen LogP contribution in [-0.2, 0) is 19.0 Å². The SMILES string of the molecule is COc1ccc([C@@H]2OC[C@H]3O[C@@H](N4C(=O)C(=O)c5cc(C)ccc54)C=C[C@@H]3O2)cc1. The maximum absolute atomic E-state index is 12.6. The predicted molar refractivity (Wildman–Crippen MR) is 107 cm³/mol. The predicted octanol–water partition coefficient (Wildman–Crippen LogP) is 2.93. The van der Waals surface area contributed by atoms with Crippen molar-refractivity contribution in [3.05, 3.63) is 71.3 Å². The molecule has 0 radical (unpaired) electrons. The summed E-state index contributed by atoms with van der Waals surface area (Å²) in [7, 11) is 1.62. The molecule has 1 fully saturated rings. The Labute approximate surface area is 173 Å². The van der Waals surface area contributed by atoms with Crippen LogP contribution in [0, 0.1) is 6.92 Å². The van der Waals surface area contributed by atoms with Crippen LogP contribution in [0.15, 0.2) is 54.6 Å². The van der Waals surface area contributed by atoms with Gasteiger partial charge in [-0.05, 0) is 37.3 Å². The third kappa shape index (κ3) is 3.11. The first-order valence-electron chi connectivity index (χ1n) is 9.78. The third-order valence-corrected chi connectivity index (χ3v) is 5.55. The number of ether oxygens (including phenoxy) is 4. The molecule has 0 unspecified atom stereocenters. The number of fused-ring (bicyclic) bond motifs is 2. The Kier molecular flexibility index (Phi) is 4.66. The van der Waals surface area contributed by atoms with Gasteiger partial charge in [0.05, 0.1) is 25.0 Å². The summed E-state index contributed by atoms with van der Waals surface area (Å²) in [6.45, 7) is 2.19. The second kappa shape index (κ2) is 7.36. The molecule has 0 aliphatic carbocycles. The van der Waals surface area contributed by atoms with Crippen molar-refractivity contribution in [3.63, 3.8) is 0 Å². The lowest BCUT2D eigenvalue weighted by molar-refractivity contribution is -0.261. The third-order valence-electron chi connectivity index (χ3n) is 5.55. The molecule has 5 rings (SSSR count). The molecule has 0 aromatic heterocycles. The zero-order valence-corrected chi connectivity index (χ0v) is 16.6. The molecule has 2 aromatic carbocycles. The van der Waals surface area contributed by atoms with Crippen LogP contribution in [-0.4, -0.2) is 43.8 Å². The zero-order valence-electron chi connectivity index (χ0n) is 16.6. The number of aryl methyl sites for hydroxylation is 1. The van der Waals surface area contributed by atoms with E-state index in [1.807, 2.05) is 43.3 Å². The van der Waals surface area contributed by atoms with Crippen LogP contribution in [0.4, 0.5) is 5.69 Å². The minimum atomic E-state index is -0.684. The van der Waals surface area contributed by atoms with Gasteiger partial charge in [0.15, 0.2) is 12.5 Å². The molecule has 1 saturated heterocycles. The molecule has 1 amide bonds. The van der Waals surface area contributed by atoms with E-state index >= 15 is 0 Å². The molecule has 3 aliphatic rings. The van der Waals surface area contributed by atoms with Crippen molar-refractivity contribution in [2.75, 3.05) is 18.6 Å². The van der Waals surface area contributed by atoms with E-state index in [0.717, 1.165) is 16.9 Å². The zero-order chi connectivity index (χ0) is 20.8. The van der Waals surface area contributed by atoms with E-state index in [-0.39, 0.29) is 12.2 Å². The average molecular weight is 407 g/mol. The molecule has 4 atom stereocenters. The van der Waals surface area contributed by atoms with Gasteiger partial charge in [-0.25, -0.2) is 0 Å². The van der Waals surface area contributed by atoms with Gasteiger partial charge in [0.25, 0.3) is 5.78 Å². The Morgan fingerprint density at radius 1 is 1.03 bits per heavy atom. The molecule has 3 heterocycles. The van der Waals surface area contributed by atoms with Gasteiger partial charge in [0, 0.05) is 5.56 Å². The number of benzene rings is 2. The molecule has 0 bridgehead atoms. The number of anilines is 1. The van der Waals surface area contributed by atoms with Crippen LogP contribution < -0.4 is 9.64 Å². The van der Waals surface area contributed by atoms with Crippen LogP contribution in [0.3, 0.4) is 0 Å². The molecule has 3 aliphatic heterocycles. The number of carbonyl (C=O) groups excluding carboxylic acids is 2. The first-order chi connectivity index (χ1) is 14.5. The maximum Gasteiger partial charge on any atom is 0.301 e. The summed E-state index contributed by atoms with van der Waals surface area (Å²) in [6.07, 6.45) is 1.75. The van der Waals surface area contributed by atoms with E-state index in [1.165, 1.54) is 4.90 Å². The van der Waals surface area contributed by atoms with Crippen LogP contribution in [0.25, 0.3) is 0 Å². The standard InChI is InChI=1S/C23H21NO6/c1-13-3-8-17-16(11-13)21(25)22(26)24(17)20-10-9-18-19(29-20)12-28-23(30-18)14-4-6-15(27-2)7-5-14/h3-11,18-20,23H,12H2,1-2H3/t18-,19+,20+,23+/m0/s1. The number of methoxy groups -OCH3 is 1. The minimum absolute atomic E-state index is 0.304. The first kappa shape index (κ1) is 19.0. The summed E-state index contributed by atoms with van der Waals surface area (Å²) in [6, 6.07) is 12.9. The summed E-state index contributed by atoms with van der Waals surface area (Å²) < 4.78 is 23.2. The van der Waals surface area contributed by atoms with E-state index in [4.69, 9.17) is 18.9 Å². The Hall–Kier alpha value is -3.00. The fourth-order valence-corrected chi connectivity index (χ4v) is 3.97. The second-order valence-corrected chi connectivity index (χ2v) is 7.51. The highest BCUT2D eigenvalue weighted by atomic mass is 16.7. The number of ketones is 1. The number of rotatable bonds is 3. The maximum atomic E-state index is 12.6. The smallest absolute Gasteiger partial charge is 0.301 e. The van der Waals surface area contributed by atoms with Crippen molar-refractivity contribution in [3.8, 4) is 5.75 Å². The van der Waals surface area contributed by atoms with Crippen LogP contribution >= 0.6 is 0 Å². The highest BCUT2D eigenvalue weighted by Gasteiger charge is 2.44. The van der Waals surface area contributed by atoms with Gasteiger partial charge in [-0.1, -0.05) is 29.8 Å². The molecule has 2 aromatic rings. The lowest BCUT2D eigenvalue weighted by atomic mass is 10.1. The topological polar surface area (TPSA) is 74.3 Å². The summed E-state index contributed by atoms with van der Waals surface area (Å²) in [5, 5.41) is 0. The fourth-order valence-electron chi connectivity index (χ4n) is 3.97. The van der Waals surface area contributed by atoms with E-state index in [0.29, 0.717) is 17.9 Å². The van der Waals surface area contributed by atoms with Gasteiger partial charge in [-0.3, -0.25) is 14.5 Å². The van der Waals surface area contributed by atoms with Gasteiger partial charge < -0.3 is 18.9 Å². The number of Topliss-reactive ketones (excluding diaryl/α,β-unsaturated/α-hetero) is 1. The summed E-state index contributed by atoms with van der Waals surface area (Å²) in [4.78, 5) is 26.4. The monoisotopic (exact) mass is 407 g/mol. The molecular formula is C23H21NO6. The number of nitrogens with zero attached hydrogens (tertiary/aromatic N) is 1. The van der Waals surface area contributed by atoms with Crippen molar-refractivity contribution in [1.82, 2.24) is 0 Å². The van der Waals surface area contributed by atoms with Crippen LogP contribution in [0.5, 0.6) is 5.75 Å². The summed E-state index contributed by atoms with van der Waals surface area (Å²) >= 11 is 0. The average Bonchev–Trinajstić information content (AvgIpc) is 3.03. The van der Waals surface area contributed by atoms with Crippen molar-refractivity contribution in [2.24, 2.45) is 0 Å². The molecule has 0 N–H and O–H groups in total. The normalized spacial score (nSPS) is 27.7. The molecule has 0 saturated carbocycles. The second-order valence-electron chi connectivity index (χ2n) is 7.51. The summed E-state index contributed by atoms with van der Waals surface area (Å²) in [5.41, 5.74) is 2.79. The fraction of sp³-hybridized carbons (Fsp3) is 0.304. The lowest BCUT2D eigenvalue weighted by Crippen LogP contribution is -2.51. The van der Waals surface area contributed by atoms with E-state index in [9.17, 15) is 9.59 Å². The van der Waals surface area contributed by atoms with E-state index in [1.54, 1.807) is 25.3 Å². The van der Waals surface area contributed by atoms with Gasteiger partial charge in [-0.2, -0.15) is 0 Å². The van der Waals surface area contributed by atoms with Gasteiger partial charge >= 0.3 is 5.91 Å². The van der Waals surface area contributed by atoms with Gasteiger partial charge in [-0.15, -0.1) is 0 Å². The lowest BCUT2D eigenvalue weighted by Gasteiger charge is -2.40. The van der Waals surface area contributed by atoms with Crippen LogP contribution in [0.1, 0.15) is 27.8 Å². The minimum Gasteiger partial charge on any atom is -0.497 e.